The van der Waals surface area contributed by atoms with Gasteiger partial charge in [0.25, 0.3) is 0 Å². The van der Waals surface area contributed by atoms with Crippen LogP contribution < -0.4 is 10.6 Å². The Balaban J connectivity index is 1.90. The van der Waals surface area contributed by atoms with E-state index in [1.807, 2.05) is 13.8 Å². The molecule has 0 aliphatic carbocycles. The van der Waals surface area contributed by atoms with Gasteiger partial charge in [0.15, 0.2) is 0 Å². The summed E-state index contributed by atoms with van der Waals surface area (Å²) < 4.78 is 30.5. The van der Waals surface area contributed by atoms with Crippen LogP contribution in [0.2, 0.25) is 0 Å². The van der Waals surface area contributed by atoms with Gasteiger partial charge in [-0.1, -0.05) is 0 Å². The van der Waals surface area contributed by atoms with Crippen molar-refractivity contribution in [3.05, 3.63) is 0 Å². The molecule has 2 N–H and O–H groups in total. The van der Waals surface area contributed by atoms with Crippen LogP contribution in [0.15, 0.2) is 0 Å². The van der Waals surface area contributed by atoms with Crippen molar-refractivity contribution in [1.82, 2.24) is 19.8 Å². The van der Waals surface area contributed by atoms with Crippen molar-refractivity contribution in [1.29, 1.82) is 0 Å². The van der Waals surface area contributed by atoms with Crippen molar-refractivity contribution >= 4 is 16.1 Å². The Morgan fingerprint density at radius 3 is 2.27 bits per heavy atom. The van der Waals surface area contributed by atoms with Gasteiger partial charge in [0.05, 0.1) is 6.26 Å². The summed E-state index contributed by atoms with van der Waals surface area (Å²) in [6.07, 6.45) is 4.93. The van der Waals surface area contributed by atoms with E-state index in [0.717, 1.165) is 45.4 Å². The maximum absolute atomic E-state index is 11.8. The van der Waals surface area contributed by atoms with E-state index in [4.69, 9.17) is 4.74 Å². The van der Waals surface area contributed by atoms with Crippen LogP contribution in [0.3, 0.4) is 0 Å². The third kappa shape index (κ3) is 6.68. The lowest BCUT2D eigenvalue weighted by molar-refractivity contribution is 0.00773. The number of sulfonamides is 1. The van der Waals surface area contributed by atoms with Crippen LogP contribution >= 0.6 is 0 Å². The molecule has 2 amide bonds. The van der Waals surface area contributed by atoms with E-state index in [2.05, 4.69) is 15.5 Å². The van der Waals surface area contributed by atoms with E-state index in [1.165, 1.54) is 6.26 Å². The smallest absolute Gasteiger partial charge is 0.315 e. The van der Waals surface area contributed by atoms with Crippen molar-refractivity contribution in [3.8, 4) is 0 Å². The van der Waals surface area contributed by atoms with Crippen molar-refractivity contribution in [3.63, 3.8) is 0 Å². The lowest BCUT2D eigenvalue weighted by atomic mass is 9.99. The Kier molecular flexibility index (Phi) is 8.12. The molecule has 2 aliphatic rings. The van der Waals surface area contributed by atoms with Crippen LogP contribution in [0.5, 0.6) is 0 Å². The van der Waals surface area contributed by atoms with Gasteiger partial charge in [-0.3, -0.25) is 4.90 Å². The molecule has 0 atom stereocenters. The Morgan fingerprint density at radius 1 is 1.15 bits per heavy atom. The first-order valence-electron chi connectivity index (χ1n) is 9.60. The molecule has 2 saturated heterocycles. The van der Waals surface area contributed by atoms with Crippen molar-refractivity contribution in [2.75, 3.05) is 45.6 Å². The maximum Gasteiger partial charge on any atom is 0.315 e. The van der Waals surface area contributed by atoms with Crippen molar-refractivity contribution in [2.45, 2.75) is 57.7 Å². The third-order valence-corrected chi connectivity index (χ3v) is 6.40. The molecular formula is C17H34N4O4S. The number of amides is 2. The number of nitrogens with one attached hydrogen (secondary N) is 2. The molecule has 26 heavy (non-hydrogen) atoms. The van der Waals surface area contributed by atoms with Gasteiger partial charge in [0.1, 0.15) is 0 Å². The minimum Gasteiger partial charge on any atom is -0.381 e. The number of hydrogen-bond acceptors (Lipinski definition) is 5. The molecule has 0 unspecified atom stereocenters. The highest BCUT2D eigenvalue weighted by atomic mass is 32.2. The first kappa shape index (κ1) is 21.4. The lowest BCUT2D eigenvalue weighted by Crippen LogP contribution is -2.53. The number of piperidine rings is 1. The molecule has 0 saturated carbocycles. The second-order valence-electron chi connectivity index (χ2n) is 7.53. The molecule has 0 aromatic carbocycles. The van der Waals surface area contributed by atoms with Crippen molar-refractivity contribution < 1.29 is 17.9 Å². The van der Waals surface area contributed by atoms with E-state index in [1.54, 1.807) is 4.31 Å². The van der Waals surface area contributed by atoms with Crippen molar-refractivity contribution in [2.24, 2.45) is 0 Å². The number of rotatable bonds is 7. The molecule has 2 aliphatic heterocycles. The molecule has 152 valence electrons. The summed E-state index contributed by atoms with van der Waals surface area (Å²) >= 11 is 0. The predicted molar refractivity (Wildman–Crippen MR) is 102 cm³/mol. The average Bonchev–Trinajstić information content (AvgIpc) is 2.58. The Hall–Kier alpha value is -0.900. The fourth-order valence-corrected chi connectivity index (χ4v) is 4.67. The SMILES string of the molecule is CC(C)NC(=O)NCCN(C1CCOCC1)C1CCN(S(C)(=O)=O)CC1. The monoisotopic (exact) mass is 390 g/mol. The number of urea groups is 1. The quantitative estimate of drug-likeness (QED) is 0.664. The molecule has 0 spiro atoms. The predicted octanol–water partition coefficient (Wildman–Crippen LogP) is 0.599. The third-order valence-electron chi connectivity index (χ3n) is 5.10. The Morgan fingerprint density at radius 2 is 1.73 bits per heavy atom. The second-order valence-corrected chi connectivity index (χ2v) is 9.51. The van der Waals surface area contributed by atoms with Gasteiger partial charge in [0.2, 0.25) is 10.0 Å². The number of ether oxygens (including phenoxy) is 1. The molecule has 2 rings (SSSR count). The number of carbonyl (C=O) groups excluding carboxylic acids is 1. The second kappa shape index (κ2) is 9.87. The summed E-state index contributed by atoms with van der Waals surface area (Å²) in [5, 5.41) is 5.76. The summed E-state index contributed by atoms with van der Waals surface area (Å²) in [4.78, 5) is 14.3. The molecule has 0 bridgehead atoms. The van der Waals surface area contributed by atoms with Crippen LogP contribution in [0.25, 0.3) is 0 Å². The molecule has 2 heterocycles. The standard InChI is InChI=1S/C17H34N4O4S/c1-14(2)19-17(22)18-8-11-21(16-6-12-25-13-7-16)15-4-9-20(10-5-15)26(3,23)24/h14-16H,4-13H2,1-3H3,(H2,18,19,22). The minimum atomic E-state index is -3.11. The van der Waals surface area contributed by atoms with Gasteiger partial charge in [-0.2, -0.15) is 0 Å². The first-order chi connectivity index (χ1) is 12.3. The van der Waals surface area contributed by atoms with E-state index in [-0.39, 0.29) is 12.1 Å². The summed E-state index contributed by atoms with van der Waals surface area (Å²) in [5.41, 5.74) is 0. The fraction of sp³-hybridized carbons (Fsp3) is 0.941. The lowest BCUT2D eigenvalue weighted by Gasteiger charge is -2.43. The van der Waals surface area contributed by atoms with Gasteiger partial charge in [0, 0.05) is 57.5 Å². The minimum absolute atomic E-state index is 0.113. The maximum atomic E-state index is 11.8. The van der Waals surface area contributed by atoms with Gasteiger partial charge < -0.3 is 15.4 Å². The van der Waals surface area contributed by atoms with Gasteiger partial charge in [-0.15, -0.1) is 0 Å². The van der Waals surface area contributed by atoms with E-state index in [9.17, 15) is 13.2 Å². The highest BCUT2D eigenvalue weighted by Crippen LogP contribution is 2.24. The normalized spacial score (nSPS) is 21.3. The summed E-state index contributed by atoms with van der Waals surface area (Å²) in [6.45, 7) is 7.92. The van der Waals surface area contributed by atoms with Gasteiger partial charge in [-0.25, -0.2) is 17.5 Å². The Labute approximate surface area is 157 Å². The highest BCUT2D eigenvalue weighted by molar-refractivity contribution is 7.88. The number of carbonyl (C=O) groups is 1. The average molecular weight is 391 g/mol. The van der Waals surface area contributed by atoms with E-state index >= 15 is 0 Å². The zero-order valence-corrected chi connectivity index (χ0v) is 17.1. The zero-order chi connectivity index (χ0) is 19.2. The van der Waals surface area contributed by atoms with E-state index in [0.29, 0.717) is 31.7 Å². The molecule has 2 fully saturated rings. The first-order valence-corrected chi connectivity index (χ1v) is 11.4. The zero-order valence-electron chi connectivity index (χ0n) is 16.2. The fourth-order valence-electron chi connectivity index (χ4n) is 3.80. The summed E-state index contributed by atoms with van der Waals surface area (Å²) in [7, 11) is -3.11. The molecular weight excluding hydrogens is 356 g/mol. The van der Waals surface area contributed by atoms with Crippen LogP contribution in [-0.2, 0) is 14.8 Å². The summed E-state index contributed by atoms with van der Waals surface area (Å²) in [5.74, 6) is 0. The van der Waals surface area contributed by atoms with Gasteiger partial charge in [-0.05, 0) is 39.5 Å². The van der Waals surface area contributed by atoms with Crippen LogP contribution in [0, 0.1) is 0 Å². The van der Waals surface area contributed by atoms with Gasteiger partial charge >= 0.3 is 6.03 Å². The number of hydrogen-bond donors (Lipinski definition) is 2. The molecule has 0 radical (unpaired) electrons. The van der Waals surface area contributed by atoms with Crippen LogP contribution in [0.1, 0.15) is 39.5 Å². The van der Waals surface area contributed by atoms with Crippen LogP contribution in [-0.4, -0.2) is 87.4 Å². The topological polar surface area (TPSA) is 91.0 Å². The highest BCUT2D eigenvalue weighted by Gasteiger charge is 2.32. The molecule has 9 heteroatoms. The summed E-state index contributed by atoms with van der Waals surface area (Å²) in [6, 6.07) is 0.764. The molecule has 8 nitrogen and oxygen atoms in total. The van der Waals surface area contributed by atoms with E-state index < -0.39 is 10.0 Å². The molecule has 0 aromatic rings. The van der Waals surface area contributed by atoms with Crippen LogP contribution in [0.4, 0.5) is 4.79 Å². The molecule has 0 aromatic heterocycles. The number of nitrogens with zero attached hydrogens (tertiary/aromatic N) is 2. The Bertz CT molecular complexity index is 541. The largest absolute Gasteiger partial charge is 0.381 e.